The number of phenols is 1. The highest BCUT2D eigenvalue weighted by Crippen LogP contribution is 2.23. The lowest BCUT2D eigenvalue weighted by atomic mass is 10.1. The van der Waals surface area contributed by atoms with Crippen molar-refractivity contribution < 1.29 is 18.3 Å². The van der Waals surface area contributed by atoms with Crippen LogP contribution in [0.5, 0.6) is 5.75 Å². The van der Waals surface area contributed by atoms with Gasteiger partial charge >= 0.3 is 6.18 Å². The summed E-state index contributed by atoms with van der Waals surface area (Å²) in [6.07, 6.45) is -5.09. The Balaban J connectivity index is 2.69. The second kappa shape index (κ2) is 7.91. The SMILES string of the molecule is CCNC(=NCc1cc(C)c(O)c(C)c1)NCCC(F)(F)F. The number of benzene rings is 1. The van der Waals surface area contributed by atoms with Crippen molar-refractivity contribution in [3.8, 4) is 5.75 Å². The molecule has 0 saturated carbocycles. The first-order valence-electron chi connectivity index (χ1n) is 7.11. The van der Waals surface area contributed by atoms with Gasteiger partial charge in [0.15, 0.2) is 5.96 Å². The molecule has 0 spiro atoms. The Hall–Kier alpha value is -1.92. The number of nitrogens with one attached hydrogen (secondary N) is 2. The average molecular weight is 317 g/mol. The number of nitrogens with zero attached hydrogens (tertiary/aromatic N) is 1. The lowest BCUT2D eigenvalue weighted by Gasteiger charge is -2.13. The van der Waals surface area contributed by atoms with Crippen molar-refractivity contribution in [3.05, 3.63) is 28.8 Å². The fraction of sp³-hybridized carbons (Fsp3) is 0.533. The minimum atomic E-state index is -4.19. The van der Waals surface area contributed by atoms with Crippen LogP contribution in [0.25, 0.3) is 0 Å². The molecule has 124 valence electrons. The molecular formula is C15H22F3N3O. The molecule has 0 heterocycles. The molecule has 0 atom stereocenters. The predicted octanol–water partition coefficient (Wildman–Crippen LogP) is 3.02. The highest BCUT2D eigenvalue weighted by molar-refractivity contribution is 5.79. The molecule has 0 unspecified atom stereocenters. The molecule has 7 heteroatoms. The van der Waals surface area contributed by atoms with Gasteiger partial charge in [-0.3, -0.25) is 0 Å². The molecule has 0 saturated heterocycles. The van der Waals surface area contributed by atoms with E-state index in [0.717, 1.165) is 16.7 Å². The maximum atomic E-state index is 12.1. The van der Waals surface area contributed by atoms with Crippen LogP contribution in [0.2, 0.25) is 0 Å². The highest BCUT2D eigenvalue weighted by atomic mass is 19.4. The molecule has 0 amide bonds. The first-order chi connectivity index (χ1) is 10.2. The standard InChI is InChI=1S/C15H22F3N3O/c1-4-19-14(20-6-5-15(16,17)18)21-9-12-7-10(2)13(22)11(3)8-12/h7-8,22H,4-6,9H2,1-3H3,(H2,19,20,21). The number of halogens is 3. The normalized spacial score (nSPS) is 12.4. The summed E-state index contributed by atoms with van der Waals surface area (Å²) < 4.78 is 36.4. The summed E-state index contributed by atoms with van der Waals surface area (Å²) in [5.41, 5.74) is 2.39. The second-order valence-corrected chi connectivity index (χ2v) is 5.07. The molecule has 0 aliphatic rings. The van der Waals surface area contributed by atoms with E-state index in [1.807, 2.05) is 19.1 Å². The molecule has 0 aliphatic heterocycles. The third-order valence-corrected chi connectivity index (χ3v) is 3.02. The number of guanidine groups is 1. The van der Waals surface area contributed by atoms with Crippen LogP contribution in [0.15, 0.2) is 17.1 Å². The van der Waals surface area contributed by atoms with E-state index in [-0.39, 0.29) is 12.3 Å². The van der Waals surface area contributed by atoms with Gasteiger partial charge in [-0.05, 0) is 37.5 Å². The van der Waals surface area contributed by atoms with E-state index in [0.29, 0.717) is 19.0 Å². The van der Waals surface area contributed by atoms with Crippen molar-refractivity contribution in [2.45, 2.75) is 39.9 Å². The van der Waals surface area contributed by atoms with Crippen LogP contribution in [0.1, 0.15) is 30.0 Å². The second-order valence-electron chi connectivity index (χ2n) is 5.07. The van der Waals surface area contributed by atoms with Gasteiger partial charge in [-0.2, -0.15) is 13.2 Å². The molecule has 1 aromatic carbocycles. The summed E-state index contributed by atoms with van der Waals surface area (Å²) in [6, 6.07) is 3.62. The quantitative estimate of drug-likeness (QED) is 0.578. The third-order valence-electron chi connectivity index (χ3n) is 3.02. The van der Waals surface area contributed by atoms with Gasteiger partial charge in [-0.15, -0.1) is 0 Å². The van der Waals surface area contributed by atoms with Crippen molar-refractivity contribution >= 4 is 5.96 Å². The first kappa shape index (κ1) is 18.1. The summed E-state index contributed by atoms with van der Waals surface area (Å²) in [5, 5.41) is 15.3. The third kappa shape index (κ3) is 6.24. The van der Waals surface area contributed by atoms with Crippen LogP contribution in [0.3, 0.4) is 0 Å². The number of rotatable bonds is 5. The van der Waals surface area contributed by atoms with Crippen LogP contribution in [-0.4, -0.2) is 30.3 Å². The zero-order valence-corrected chi connectivity index (χ0v) is 13.0. The molecule has 0 radical (unpaired) electrons. The van der Waals surface area contributed by atoms with E-state index in [1.165, 1.54) is 0 Å². The van der Waals surface area contributed by atoms with Crippen molar-refractivity contribution in [2.75, 3.05) is 13.1 Å². The van der Waals surface area contributed by atoms with Gasteiger partial charge in [0.1, 0.15) is 5.75 Å². The Morgan fingerprint density at radius 1 is 1.18 bits per heavy atom. The number of aliphatic imine (C=N–C) groups is 1. The van der Waals surface area contributed by atoms with E-state index in [2.05, 4.69) is 15.6 Å². The van der Waals surface area contributed by atoms with E-state index >= 15 is 0 Å². The molecule has 0 fully saturated rings. The smallest absolute Gasteiger partial charge is 0.390 e. The van der Waals surface area contributed by atoms with Crippen molar-refractivity contribution in [2.24, 2.45) is 4.99 Å². The van der Waals surface area contributed by atoms with Crippen LogP contribution in [-0.2, 0) is 6.54 Å². The number of hydrogen-bond acceptors (Lipinski definition) is 2. The number of alkyl halides is 3. The van der Waals surface area contributed by atoms with Crippen molar-refractivity contribution in [3.63, 3.8) is 0 Å². The number of aromatic hydroxyl groups is 1. The van der Waals surface area contributed by atoms with Crippen LogP contribution in [0.4, 0.5) is 13.2 Å². The summed E-state index contributed by atoms with van der Waals surface area (Å²) in [7, 11) is 0. The number of phenolic OH excluding ortho intramolecular Hbond substituents is 1. The van der Waals surface area contributed by atoms with Gasteiger partial charge in [0.2, 0.25) is 0 Å². The lowest BCUT2D eigenvalue weighted by Crippen LogP contribution is -2.38. The fourth-order valence-electron chi connectivity index (χ4n) is 1.97. The van der Waals surface area contributed by atoms with Crippen LogP contribution >= 0.6 is 0 Å². The molecule has 0 aliphatic carbocycles. The molecule has 1 rings (SSSR count). The van der Waals surface area contributed by atoms with E-state index < -0.39 is 12.6 Å². The molecule has 4 nitrogen and oxygen atoms in total. The predicted molar refractivity (Wildman–Crippen MR) is 81.1 cm³/mol. The first-order valence-corrected chi connectivity index (χ1v) is 7.11. The number of aryl methyl sites for hydroxylation is 2. The van der Waals surface area contributed by atoms with Gasteiger partial charge in [0, 0.05) is 13.1 Å². The topological polar surface area (TPSA) is 56.7 Å². The fourth-order valence-corrected chi connectivity index (χ4v) is 1.97. The van der Waals surface area contributed by atoms with Gasteiger partial charge in [0.25, 0.3) is 0 Å². The minimum absolute atomic E-state index is 0.219. The maximum Gasteiger partial charge on any atom is 0.390 e. The van der Waals surface area contributed by atoms with Gasteiger partial charge in [-0.25, -0.2) is 4.99 Å². The van der Waals surface area contributed by atoms with Crippen LogP contribution < -0.4 is 10.6 Å². The molecule has 0 aromatic heterocycles. The average Bonchev–Trinajstić information content (AvgIpc) is 2.40. The van der Waals surface area contributed by atoms with E-state index in [1.54, 1.807) is 13.8 Å². The van der Waals surface area contributed by atoms with Crippen molar-refractivity contribution in [1.82, 2.24) is 10.6 Å². The summed E-state index contributed by atoms with van der Waals surface area (Å²) >= 11 is 0. The minimum Gasteiger partial charge on any atom is -0.507 e. The van der Waals surface area contributed by atoms with Gasteiger partial charge in [0.05, 0.1) is 13.0 Å². The van der Waals surface area contributed by atoms with Gasteiger partial charge < -0.3 is 15.7 Å². The Labute approximate surface area is 128 Å². The summed E-state index contributed by atoms with van der Waals surface area (Å²) in [4.78, 5) is 4.26. The number of hydrogen-bond donors (Lipinski definition) is 3. The molecular weight excluding hydrogens is 295 g/mol. The van der Waals surface area contributed by atoms with Gasteiger partial charge in [-0.1, -0.05) is 12.1 Å². The summed E-state index contributed by atoms with van der Waals surface area (Å²) in [6.45, 7) is 6.10. The molecule has 3 N–H and O–H groups in total. The largest absolute Gasteiger partial charge is 0.507 e. The Kier molecular flexibility index (Phi) is 6.52. The highest BCUT2D eigenvalue weighted by Gasteiger charge is 2.26. The lowest BCUT2D eigenvalue weighted by molar-refractivity contribution is -0.132. The summed E-state index contributed by atoms with van der Waals surface area (Å²) in [5.74, 6) is 0.595. The maximum absolute atomic E-state index is 12.1. The Morgan fingerprint density at radius 2 is 1.77 bits per heavy atom. The zero-order valence-electron chi connectivity index (χ0n) is 13.0. The van der Waals surface area contributed by atoms with Crippen LogP contribution in [0, 0.1) is 13.8 Å². The molecule has 1 aromatic rings. The Morgan fingerprint density at radius 3 is 2.27 bits per heavy atom. The van der Waals surface area contributed by atoms with Crippen molar-refractivity contribution in [1.29, 1.82) is 0 Å². The monoisotopic (exact) mass is 317 g/mol. The van der Waals surface area contributed by atoms with E-state index in [4.69, 9.17) is 0 Å². The molecule has 0 bridgehead atoms. The molecule has 22 heavy (non-hydrogen) atoms. The zero-order chi connectivity index (χ0) is 16.8. The van der Waals surface area contributed by atoms with E-state index in [9.17, 15) is 18.3 Å². The Bertz CT molecular complexity index is 504.